The normalized spacial score (nSPS) is 18.0. The minimum absolute atomic E-state index is 0.423. The van der Waals surface area contributed by atoms with E-state index in [-0.39, 0.29) is 0 Å². The lowest BCUT2D eigenvalue weighted by atomic mass is 10.2. The third kappa shape index (κ3) is 3.02. The number of ether oxygens (including phenoxy) is 1. The highest BCUT2D eigenvalue weighted by Crippen LogP contribution is 2.18. The standard InChI is InChI=1S/C10H13FINO/c1-2-14-10(12-11)8-6-4-3-5-7-9(8)13/h3-4,6-7H,2,5,13H2,1H3. The summed E-state index contributed by atoms with van der Waals surface area (Å²) in [5, 5.41) is 0. The van der Waals surface area contributed by atoms with Crippen molar-refractivity contribution < 1.29 is 7.60 Å². The molecule has 0 unspecified atom stereocenters. The lowest BCUT2D eigenvalue weighted by Gasteiger charge is -2.08. The zero-order chi connectivity index (χ0) is 10.4. The van der Waals surface area contributed by atoms with E-state index in [2.05, 4.69) is 0 Å². The first-order chi connectivity index (χ1) is 6.79. The Morgan fingerprint density at radius 2 is 2.50 bits per heavy atom. The molecule has 2 N–H and O–H groups in total. The average Bonchev–Trinajstić information content (AvgIpc) is 2.40. The minimum Gasteiger partial charge on any atom is -0.398 e. The average molecular weight is 309 g/mol. The van der Waals surface area contributed by atoms with Crippen LogP contribution >= 0.6 is 21.3 Å². The van der Waals surface area contributed by atoms with Crippen LogP contribution in [-0.4, -0.2) is 10.3 Å². The summed E-state index contributed by atoms with van der Waals surface area (Å²) >= 11 is -1.56. The van der Waals surface area contributed by atoms with Gasteiger partial charge in [0.15, 0.2) is 0 Å². The molecule has 14 heavy (non-hydrogen) atoms. The van der Waals surface area contributed by atoms with E-state index in [4.69, 9.17) is 10.5 Å². The van der Waals surface area contributed by atoms with E-state index >= 15 is 0 Å². The van der Waals surface area contributed by atoms with E-state index in [1.165, 1.54) is 0 Å². The summed E-state index contributed by atoms with van der Waals surface area (Å²) in [6.45, 7) is 2.32. The van der Waals surface area contributed by atoms with Gasteiger partial charge in [-0.05, 0) is 13.3 Å². The van der Waals surface area contributed by atoms with Gasteiger partial charge in [0.2, 0.25) is 0 Å². The summed E-state index contributed by atoms with van der Waals surface area (Å²) in [5.74, 6) is 0. The van der Waals surface area contributed by atoms with E-state index < -0.39 is 21.3 Å². The number of hydrogen-bond donors (Lipinski definition) is 1. The van der Waals surface area contributed by atoms with Crippen LogP contribution in [0, 0.1) is 0 Å². The first-order valence-electron chi connectivity index (χ1n) is 4.38. The van der Waals surface area contributed by atoms with Crippen molar-refractivity contribution in [2.45, 2.75) is 13.3 Å². The molecule has 0 saturated carbocycles. The Kier molecular flexibility index (Phi) is 5.03. The van der Waals surface area contributed by atoms with Gasteiger partial charge >= 0.3 is 0 Å². The van der Waals surface area contributed by atoms with E-state index in [9.17, 15) is 2.86 Å². The second-order valence-electron chi connectivity index (χ2n) is 2.68. The second-order valence-corrected chi connectivity index (χ2v) is 4.07. The largest absolute Gasteiger partial charge is 0.398 e. The molecule has 0 saturated heterocycles. The highest BCUT2D eigenvalue weighted by atomic mass is 127. The molecule has 78 valence electrons. The van der Waals surface area contributed by atoms with Crippen LogP contribution in [0.5, 0.6) is 0 Å². The summed E-state index contributed by atoms with van der Waals surface area (Å²) in [6, 6.07) is 0. The molecular formula is C10H13FINO. The molecule has 0 aromatic heterocycles. The smallest absolute Gasteiger partial charge is 0.145 e. The third-order valence-corrected chi connectivity index (χ3v) is 2.99. The molecule has 4 heteroatoms. The molecule has 0 radical (unpaired) electrons. The summed E-state index contributed by atoms with van der Waals surface area (Å²) in [4.78, 5) is 0. The molecule has 1 aliphatic rings. The summed E-state index contributed by atoms with van der Waals surface area (Å²) < 4.78 is 18.4. The third-order valence-electron chi connectivity index (χ3n) is 1.73. The van der Waals surface area contributed by atoms with Crippen molar-refractivity contribution >= 4 is 25.0 Å². The second kappa shape index (κ2) is 6.08. The van der Waals surface area contributed by atoms with E-state index in [0.29, 0.717) is 21.6 Å². The van der Waals surface area contributed by atoms with Crippen molar-refractivity contribution in [1.82, 2.24) is 0 Å². The summed E-state index contributed by atoms with van der Waals surface area (Å²) in [5.41, 5.74) is 7.10. The molecule has 0 atom stereocenters. The van der Waals surface area contributed by atoms with Gasteiger partial charge < -0.3 is 10.5 Å². The maximum atomic E-state index is 12.7. The molecular weight excluding hydrogens is 296 g/mol. The van der Waals surface area contributed by atoms with Gasteiger partial charge in [-0.3, -0.25) is 0 Å². The number of rotatable bonds is 3. The number of halogens is 2. The van der Waals surface area contributed by atoms with Gasteiger partial charge in [-0.1, -0.05) is 24.3 Å². The van der Waals surface area contributed by atoms with Crippen molar-refractivity contribution in [3.63, 3.8) is 0 Å². The van der Waals surface area contributed by atoms with Gasteiger partial charge in [-0.25, -0.2) is 0 Å². The lowest BCUT2D eigenvalue weighted by Crippen LogP contribution is -2.12. The van der Waals surface area contributed by atoms with Crippen molar-refractivity contribution in [3.05, 3.63) is 35.6 Å². The predicted molar refractivity (Wildman–Crippen MR) is 65.9 cm³/mol. The fourth-order valence-corrected chi connectivity index (χ4v) is 2.23. The van der Waals surface area contributed by atoms with Gasteiger partial charge in [0.1, 0.15) is 25.0 Å². The van der Waals surface area contributed by atoms with E-state index in [0.717, 1.165) is 6.42 Å². The van der Waals surface area contributed by atoms with Crippen LogP contribution in [0.4, 0.5) is 2.86 Å². The molecule has 0 bridgehead atoms. The van der Waals surface area contributed by atoms with E-state index in [1.807, 2.05) is 31.2 Å². The molecule has 0 aromatic carbocycles. The predicted octanol–water partition coefficient (Wildman–Crippen LogP) is 2.74. The topological polar surface area (TPSA) is 35.2 Å². The molecule has 2 nitrogen and oxygen atoms in total. The molecule has 0 amide bonds. The van der Waals surface area contributed by atoms with Crippen molar-refractivity contribution in [2.75, 3.05) is 6.61 Å². The minimum atomic E-state index is -1.56. The maximum Gasteiger partial charge on any atom is 0.145 e. The van der Waals surface area contributed by atoms with Crippen LogP contribution in [0.2, 0.25) is 0 Å². The fourth-order valence-electron chi connectivity index (χ4n) is 1.09. The number of hydrogen-bond acceptors (Lipinski definition) is 2. The van der Waals surface area contributed by atoms with Gasteiger partial charge in [-0.2, -0.15) is 2.86 Å². The molecule has 1 aliphatic carbocycles. The quantitative estimate of drug-likeness (QED) is 0.814. The molecule has 0 spiro atoms. The summed E-state index contributed by atoms with van der Waals surface area (Å²) in [7, 11) is 0. The van der Waals surface area contributed by atoms with Crippen LogP contribution in [0.1, 0.15) is 13.3 Å². The lowest BCUT2D eigenvalue weighted by molar-refractivity contribution is 0.338. The van der Waals surface area contributed by atoms with Crippen LogP contribution in [0.25, 0.3) is 0 Å². The van der Waals surface area contributed by atoms with Gasteiger partial charge in [0.25, 0.3) is 0 Å². The Bertz CT molecular complexity index is 318. The van der Waals surface area contributed by atoms with Crippen LogP contribution in [-0.2, 0) is 4.74 Å². The highest BCUT2D eigenvalue weighted by Gasteiger charge is 2.10. The molecule has 0 aliphatic heterocycles. The first kappa shape index (κ1) is 11.6. The number of allylic oxidation sites excluding steroid dienone is 4. The molecule has 1 rings (SSSR count). The van der Waals surface area contributed by atoms with Gasteiger partial charge in [0.05, 0.1) is 6.61 Å². The first-order valence-corrected chi connectivity index (χ1v) is 6.28. The van der Waals surface area contributed by atoms with Crippen molar-refractivity contribution in [2.24, 2.45) is 5.73 Å². The molecule has 0 heterocycles. The van der Waals surface area contributed by atoms with Crippen LogP contribution < -0.4 is 5.73 Å². The monoisotopic (exact) mass is 309 g/mol. The van der Waals surface area contributed by atoms with Crippen LogP contribution in [0.3, 0.4) is 0 Å². The number of nitrogens with two attached hydrogens (primary N) is 1. The molecule has 0 aromatic rings. The van der Waals surface area contributed by atoms with Crippen molar-refractivity contribution in [3.8, 4) is 0 Å². The van der Waals surface area contributed by atoms with Gasteiger partial charge in [-0.15, -0.1) is 0 Å². The fraction of sp³-hybridized carbons (Fsp3) is 0.300. The Balaban J connectivity index is 2.93. The zero-order valence-corrected chi connectivity index (χ0v) is 10.1. The van der Waals surface area contributed by atoms with Gasteiger partial charge in [0, 0.05) is 11.3 Å². The molecule has 0 fully saturated rings. The summed E-state index contributed by atoms with van der Waals surface area (Å²) in [6.07, 6.45) is 8.32. The Hall–Kier alpha value is -0.490. The maximum absolute atomic E-state index is 12.7. The highest BCUT2D eigenvalue weighted by molar-refractivity contribution is 14.2. The Morgan fingerprint density at radius 1 is 1.71 bits per heavy atom. The Labute approximate surface area is 93.8 Å². The van der Waals surface area contributed by atoms with Crippen molar-refractivity contribution in [1.29, 1.82) is 0 Å². The van der Waals surface area contributed by atoms with E-state index in [1.54, 1.807) is 0 Å². The SMILES string of the molecule is CCOC(=IF)C1=CC=CCC=C1N. The Morgan fingerprint density at radius 3 is 3.14 bits per heavy atom. The zero-order valence-electron chi connectivity index (χ0n) is 7.97. The van der Waals surface area contributed by atoms with Crippen LogP contribution in [0.15, 0.2) is 35.6 Å².